The van der Waals surface area contributed by atoms with Crippen molar-refractivity contribution in [2.75, 3.05) is 5.32 Å². The van der Waals surface area contributed by atoms with Gasteiger partial charge in [0.2, 0.25) is 0 Å². The Kier molecular flexibility index (Phi) is 5.47. The molecule has 0 aliphatic heterocycles. The highest BCUT2D eigenvalue weighted by Crippen LogP contribution is 2.35. The molecule has 31 heavy (non-hydrogen) atoms. The van der Waals surface area contributed by atoms with E-state index in [-0.39, 0.29) is 0 Å². The van der Waals surface area contributed by atoms with Gasteiger partial charge >= 0.3 is 0 Å². The number of pyridine rings is 1. The minimum absolute atomic E-state index is 0.623. The molecule has 0 saturated heterocycles. The van der Waals surface area contributed by atoms with Crippen molar-refractivity contribution in [3.63, 3.8) is 0 Å². The van der Waals surface area contributed by atoms with Crippen molar-refractivity contribution in [2.24, 2.45) is 0 Å². The van der Waals surface area contributed by atoms with Crippen LogP contribution >= 0.6 is 0 Å². The summed E-state index contributed by atoms with van der Waals surface area (Å²) in [4.78, 5) is 4.56. The summed E-state index contributed by atoms with van der Waals surface area (Å²) >= 11 is 0. The third-order valence-electron chi connectivity index (χ3n) is 5.22. The molecule has 0 fully saturated rings. The Hall–Kier alpha value is -4.41. The lowest BCUT2D eigenvalue weighted by Gasteiger charge is -2.15. The molecule has 0 saturated carbocycles. The van der Waals surface area contributed by atoms with Gasteiger partial charge in [-0.25, -0.2) is 4.98 Å². The molecule has 1 aromatic heterocycles. The van der Waals surface area contributed by atoms with Crippen molar-refractivity contribution < 1.29 is 0 Å². The second kappa shape index (κ2) is 8.53. The molecule has 148 valence electrons. The van der Waals surface area contributed by atoms with Gasteiger partial charge in [0.15, 0.2) is 0 Å². The van der Waals surface area contributed by atoms with Gasteiger partial charge in [0.25, 0.3) is 0 Å². The fourth-order valence-electron chi connectivity index (χ4n) is 3.88. The summed E-state index contributed by atoms with van der Waals surface area (Å²) in [5, 5.41) is 23.3. The number of anilines is 2. The number of nitrogens with one attached hydrogen (secondary N) is 1. The average Bonchev–Trinajstić information content (AvgIpc) is 2.78. The number of nitriles is 2. The summed E-state index contributed by atoms with van der Waals surface area (Å²) < 4.78 is 0. The van der Waals surface area contributed by atoms with E-state index in [1.807, 2.05) is 30.5 Å². The van der Waals surface area contributed by atoms with Crippen LogP contribution in [-0.4, -0.2) is 4.98 Å². The zero-order valence-corrected chi connectivity index (χ0v) is 17.3. The molecule has 4 aromatic rings. The molecule has 0 aliphatic rings. The van der Waals surface area contributed by atoms with E-state index in [1.165, 1.54) is 11.6 Å². The highest BCUT2D eigenvalue weighted by Gasteiger charge is 2.11. The molecule has 0 bridgehead atoms. The van der Waals surface area contributed by atoms with Crippen LogP contribution in [0.4, 0.5) is 11.5 Å². The number of aryl methyl sites for hydroxylation is 2. The number of aromatic nitrogens is 1. The number of hydrogen-bond acceptors (Lipinski definition) is 4. The van der Waals surface area contributed by atoms with Gasteiger partial charge in [0, 0.05) is 23.3 Å². The number of nitrogens with zero attached hydrogens (tertiary/aromatic N) is 3. The molecule has 1 N–H and O–H groups in total. The molecule has 4 rings (SSSR count). The Morgan fingerprint density at radius 1 is 0.935 bits per heavy atom. The predicted octanol–water partition coefficient (Wildman–Crippen LogP) is 6.67. The van der Waals surface area contributed by atoms with Crippen molar-refractivity contribution in [3.8, 4) is 23.3 Å². The number of benzene rings is 3. The third-order valence-corrected chi connectivity index (χ3v) is 5.22. The first-order chi connectivity index (χ1) is 15.1. The van der Waals surface area contributed by atoms with Gasteiger partial charge in [-0.2, -0.15) is 10.5 Å². The lowest BCUT2D eigenvalue weighted by molar-refractivity contribution is 1.33. The largest absolute Gasteiger partial charge is 0.340 e. The van der Waals surface area contributed by atoms with Gasteiger partial charge < -0.3 is 5.32 Å². The SMILES string of the molecule is Cc1cc(C=CC#N)cc(C)c1-c1cccc2cnc(Nc3ccc(C#N)cc3)cc12. The first kappa shape index (κ1) is 19.9. The van der Waals surface area contributed by atoms with Gasteiger partial charge in [-0.3, -0.25) is 0 Å². The summed E-state index contributed by atoms with van der Waals surface area (Å²) in [7, 11) is 0. The molecule has 4 heteroatoms. The summed E-state index contributed by atoms with van der Waals surface area (Å²) in [5.74, 6) is 0.744. The predicted molar refractivity (Wildman–Crippen MR) is 126 cm³/mol. The van der Waals surface area contributed by atoms with E-state index in [0.717, 1.165) is 44.5 Å². The Balaban J connectivity index is 1.78. The smallest absolute Gasteiger partial charge is 0.130 e. The van der Waals surface area contributed by atoms with Crippen molar-refractivity contribution in [1.82, 2.24) is 4.98 Å². The van der Waals surface area contributed by atoms with Crippen LogP contribution in [0.2, 0.25) is 0 Å². The number of rotatable bonds is 4. The average molecular weight is 400 g/mol. The van der Waals surface area contributed by atoms with E-state index >= 15 is 0 Å². The van der Waals surface area contributed by atoms with Crippen molar-refractivity contribution in [1.29, 1.82) is 10.5 Å². The van der Waals surface area contributed by atoms with Crippen LogP contribution in [0.3, 0.4) is 0 Å². The lowest BCUT2D eigenvalue weighted by atomic mass is 9.90. The van der Waals surface area contributed by atoms with E-state index in [4.69, 9.17) is 10.5 Å². The maximum absolute atomic E-state index is 8.98. The van der Waals surface area contributed by atoms with Crippen LogP contribution in [-0.2, 0) is 0 Å². The minimum Gasteiger partial charge on any atom is -0.340 e. The molecule has 0 unspecified atom stereocenters. The zero-order chi connectivity index (χ0) is 21.8. The van der Waals surface area contributed by atoms with Gasteiger partial charge in [0.1, 0.15) is 5.82 Å². The fourth-order valence-corrected chi connectivity index (χ4v) is 3.88. The monoisotopic (exact) mass is 400 g/mol. The first-order valence-electron chi connectivity index (χ1n) is 9.93. The number of hydrogen-bond donors (Lipinski definition) is 1. The van der Waals surface area contributed by atoms with Crippen LogP contribution in [0, 0.1) is 36.5 Å². The van der Waals surface area contributed by atoms with Crippen LogP contribution < -0.4 is 5.32 Å². The molecular formula is C27H20N4. The van der Waals surface area contributed by atoms with E-state index < -0.39 is 0 Å². The van der Waals surface area contributed by atoms with E-state index in [0.29, 0.717) is 5.56 Å². The molecular weight excluding hydrogens is 380 g/mol. The molecule has 0 atom stereocenters. The third kappa shape index (κ3) is 4.15. The van der Waals surface area contributed by atoms with E-state index in [9.17, 15) is 0 Å². The van der Waals surface area contributed by atoms with Gasteiger partial charge in [-0.1, -0.05) is 30.3 Å². The Labute approximate surface area is 181 Å². The topological polar surface area (TPSA) is 72.5 Å². The van der Waals surface area contributed by atoms with Gasteiger partial charge in [-0.05, 0) is 83.5 Å². The summed E-state index contributed by atoms with van der Waals surface area (Å²) in [5.41, 5.74) is 7.17. The molecule has 3 aromatic carbocycles. The van der Waals surface area contributed by atoms with Gasteiger partial charge in [0.05, 0.1) is 17.7 Å². The van der Waals surface area contributed by atoms with Crippen molar-refractivity contribution >= 4 is 28.4 Å². The maximum Gasteiger partial charge on any atom is 0.130 e. The Morgan fingerprint density at radius 2 is 1.68 bits per heavy atom. The standard InChI is InChI=1S/C27H20N4/c1-18-13-21(5-4-12-28)14-19(2)27(18)24-7-3-6-22-17-30-26(15-25(22)24)31-23-10-8-20(16-29)9-11-23/h3-11,13-15,17H,1-2H3,(H,30,31). The fraction of sp³-hybridized carbons (Fsp3) is 0.0741. The lowest BCUT2D eigenvalue weighted by Crippen LogP contribution is -1.95. The minimum atomic E-state index is 0.623. The molecule has 1 heterocycles. The van der Waals surface area contributed by atoms with Gasteiger partial charge in [-0.15, -0.1) is 0 Å². The highest BCUT2D eigenvalue weighted by molar-refractivity contribution is 5.99. The summed E-state index contributed by atoms with van der Waals surface area (Å²) in [6.45, 7) is 4.20. The Morgan fingerprint density at radius 3 is 2.35 bits per heavy atom. The zero-order valence-electron chi connectivity index (χ0n) is 17.3. The second-order valence-electron chi connectivity index (χ2n) is 7.40. The Bertz CT molecular complexity index is 1360. The van der Waals surface area contributed by atoms with Crippen LogP contribution in [0.15, 0.2) is 72.9 Å². The summed E-state index contributed by atoms with van der Waals surface area (Å²) in [6.07, 6.45) is 5.20. The van der Waals surface area contributed by atoms with E-state index in [2.05, 4.69) is 66.6 Å². The van der Waals surface area contributed by atoms with Crippen molar-refractivity contribution in [2.45, 2.75) is 13.8 Å². The number of allylic oxidation sites excluding steroid dienone is 1. The maximum atomic E-state index is 8.98. The van der Waals surface area contributed by atoms with Crippen LogP contribution in [0.1, 0.15) is 22.3 Å². The van der Waals surface area contributed by atoms with E-state index in [1.54, 1.807) is 12.1 Å². The molecule has 0 amide bonds. The van der Waals surface area contributed by atoms with Crippen molar-refractivity contribution in [3.05, 3.63) is 95.2 Å². The quantitative estimate of drug-likeness (QED) is 0.388. The normalized spacial score (nSPS) is 10.7. The molecule has 0 aliphatic carbocycles. The van der Waals surface area contributed by atoms with Crippen LogP contribution in [0.25, 0.3) is 28.0 Å². The number of fused-ring (bicyclic) bond motifs is 1. The second-order valence-corrected chi connectivity index (χ2v) is 7.40. The highest BCUT2D eigenvalue weighted by atomic mass is 15.0. The molecule has 0 radical (unpaired) electrons. The molecule has 0 spiro atoms. The van der Waals surface area contributed by atoms with Crippen LogP contribution in [0.5, 0.6) is 0 Å². The summed E-state index contributed by atoms with van der Waals surface area (Å²) in [6, 6.07) is 24.0. The first-order valence-corrected chi connectivity index (χ1v) is 9.93. The molecule has 4 nitrogen and oxygen atoms in total.